The summed E-state index contributed by atoms with van der Waals surface area (Å²) in [6.45, 7) is 1.17. The zero-order chi connectivity index (χ0) is 17.2. The Bertz CT molecular complexity index is 766. The van der Waals surface area contributed by atoms with E-state index < -0.39 is 0 Å². The van der Waals surface area contributed by atoms with Crippen LogP contribution in [0.2, 0.25) is 0 Å². The third-order valence-electron chi connectivity index (χ3n) is 4.92. The lowest BCUT2D eigenvalue weighted by molar-refractivity contribution is -0.128. The maximum atomic E-state index is 12.5. The molecule has 1 aliphatic carbocycles. The molecule has 2 aromatic rings. The van der Waals surface area contributed by atoms with Crippen LogP contribution in [0.1, 0.15) is 29.0 Å². The minimum atomic E-state index is -0.276. The number of likely N-dealkylation sites (tertiary alicyclic amines) is 1. The number of benzene rings is 1. The molecular formula is C19H21N3O2S. The largest absolute Gasteiger partial charge is 0.342 e. The molecule has 6 heteroatoms. The lowest BCUT2D eigenvalue weighted by Gasteiger charge is -2.16. The molecule has 0 radical (unpaired) electrons. The smallest absolute Gasteiger partial charge is 0.231 e. The number of thiazole rings is 1. The average Bonchev–Trinajstić information content (AvgIpc) is 3.29. The number of anilines is 1. The van der Waals surface area contributed by atoms with E-state index in [1.54, 1.807) is 16.2 Å². The number of aryl methyl sites for hydroxylation is 2. The van der Waals surface area contributed by atoms with E-state index in [4.69, 9.17) is 0 Å². The highest BCUT2D eigenvalue weighted by Gasteiger charge is 2.34. The first-order chi connectivity index (χ1) is 12.2. The zero-order valence-corrected chi connectivity index (χ0v) is 14.8. The fraction of sp³-hybridized carbons (Fsp3) is 0.421. The van der Waals surface area contributed by atoms with Gasteiger partial charge < -0.3 is 10.2 Å². The number of hydrogen-bond acceptors (Lipinski definition) is 4. The molecular weight excluding hydrogens is 334 g/mol. The van der Waals surface area contributed by atoms with Gasteiger partial charge in [-0.3, -0.25) is 9.59 Å². The summed E-state index contributed by atoms with van der Waals surface area (Å²) in [4.78, 5) is 32.3. The summed E-state index contributed by atoms with van der Waals surface area (Å²) in [6.07, 6.45) is 4.36. The standard InChI is InChI=1S/C19H21N3O2S/c23-17-11-14(12-22(17)10-9-13-5-2-1-3-6-13)18(24)21-19-20-15-7-4-8-16(15)25-19/h1-3,5-6,14H,4,7-12H2,(H,20,21,24)/t14-/m1/s1. The number of aromatic nitrogens is 1. The molecule has 0 saturated carbocycles. The SMILES string of the molecule is O=C(Nc1nc2c(s1)CCC2)[C@@H]1CC(=O)N(CCc2ccccc2)C1. The van der Waals surface area contributed by atoms with Gasteiger partial charge in [-0.2, -0.15) is 0 Å². The first-order valence-electron chi connectivity index (χ1n) is 8.80. The van der Waals surface area contributed by atoms with Crippen molar-refractivity contribution in [2.24, 2.45) is 5.92 Å². The van der Waals surface area contributed by atoms with Crippen LogP contribution in [0.3, 0.4) is 0 Å². The molecule has 1 aliphatic heterocycles. The Balaban J connectivity index is 1.32. The molecule has 1 aromatic carbocycles. The number of rotatable bonds is 5. The third kappa shape index (κ3) is 3.58. The van der Waals surface area contributed by atoms with Gasteiger partial charge in [0.25, 0.3) is 0 Å². The molecule has 1 saturated heterocycles. The van der Waals surface area contributed by atoms with Crippen molar-refractivity contribution in [3.05, 3.63) is 46.5 Å². The minimum Gasteiger partial charge on any atom is -0.342 e. The van der Waals surface area contributed by atoms with Crippen molar-refractivity contribution < 1.29 is 9.59 Å². The summed E-state index contributed by atoms with van der Waals surface area (Å²) >= 11 is 1.58. The van der Waals surface area contributed by atoms with Crippen molar-refractivity contribution in [1.29, 1.82) is 0 Å². The van der Waals surface area contributed by atoms with Gasteiger partial charge in [0, 0.05) is 24.4 Å². The quantitative estimate of drug-likeness (QED) is 0.897. The summed E-state index contributed by atoms with van der Waals surface area (Å²) in [5.74, 6) is -0.289. The van der Waals surface area contributed by atoms with Crippen LogP contribution in [0.5, 0.6) is 0 Å². The molecule has 4 rings (SSSR count). The lowest BCUT2D eigenvalue weighted by atomic mass is 10.1. The third-order valence-corrected chi connectivity index (χ3v) is 6.00. The molecule has 5 nitrogen and oxygen atoms in total. The molecule has 0 bridgehead atoms. The van der Waals surface area contributed by atoms with E-state index in [9.17, 15) is 9.59 Å². The van der Waals surface area contributed by atoms with E-state index in [1.165, 1.54) is 10.4 Å². The van der Waals surface area contributed by atoms with Gasteiger partial charge in [-0.1, -0.05) is 30.3 Å². The summed E-state index contributed by atoms with van der Waals surface area (Å²) < 4.78 is 0. The molecule has 2 heterocycles. The normalized spacial score (nSPS) is 19.3. The van der Waals surface area contributed by atoms with Crippen LogP contribution in [-0.2, 0) is 28.9 Å². The molecule has 2 amide bonds. The van der Waals surface area contributed by atoms with E-state index in [0.29, 0.717) is 24.6 Å². The van der Waals surface area contributed by atoms with Crippen molar-refractivity contribution in [2.75, 3.05) is 18.4 Å². The second-order valence-electron chi connectivity index (χ2n) is 6.71. The Morgan fingerprint density at radius 3 is 2.92 bits per heavy atom. The molecule has 0 spiro atoms. The number of amides is 2. The van der Waals surface area contributed by atoms with Crippen LogP contribution < -0.4 is 5.32 Å². The predicted molar refractivity (Wildman–Crippen MR) is 97.6 cm³/mol. The summed E-state index contributed by atoms with van der Waals surface area (Å²) in [7, 11) is 0. The highest BCUT2D eigenvalue weighted by molar-refractivity contribution is 7.15. The van der Waals surface area contributed by atoms with Crippen LogP contribution in [-0.4, -0.2) is 34.8 Å². The molecule has 1 N–H and O–H groups in total. The average molecular weight is 355 g/mol. The summed E-state index contributed by atoms with van der Waals surface area (Å²) in [6, 6.07) is 10.1. The maximum absolute atomic E-state index is 12.5. The van der Waals surface area contributed by atoms with Gasteiger partial charge in [-0.05, 0) is 31.2 Å². The second kappa shape index (κ2) is 6.96. The van der Waals surface area contributed by atoms with Crippen molar-refractivity contribution >= 4 is 28.3 Å². The van der Waals surface area contributed by atoms with Gasteiger partial charge in [0.1, 0.15) is 0 Å². The van der Waals surface area contributed by atoms with Gasteiger partial charge in [-0.25, -0.2) is 4.98 Å². The maximum Gasteiger partial charge on any atom is 0.231 e. The van der Waals surface area contributed by atoms with Gasteiger partial charge in [-0.15, -0.1) is 11.3 Å². The molecule has 0 unspecified atom stereocenters. The highest BCUT2D eigenvalue weighted by atomic mass is 32.1. The van der Waals surface area contributed by atoms with Gasteiger partial charge >= 0.3 is 0 Å². The topological polar surface area (TPSA) is 62.3 Å². The number of fused-ring (bicyclic) bond motifs is 1. The molecule has 130 valence electrons. The lowest BCUT2D eigenvalue weighted by Crippen LogP contribution is -2.30. The van der Waals surface area contributed by atoms with Crippen LogP contribution in [0, 0.1) is 5.92 Å². The Hall–Kier alpha value is -2.21. The summed E-state index contributed by atoms with van der Waals surface area (Å²) in [5.41, 5.74) is 2.34. The molecule has 25 heavy (non-hydrogen) atoms. The monoisotopic (exact) mass is 355 g/mol. The zero-order valence-electron chi connectivity index (χ0n) is 14.0. The van der Waals surface area contributed by atoms with E-state index in [1.807, 2.05) is 18.2 Å². The van der Waals surface area contributed by atoms with Crippen molar-refractivity contribution in [3.8, 4) is 0 Å². The number of carbonyl (C=O) groups is 2. The van der Waals surface area contributed by atoms with E-state index in [0.717, 1.165) is 31.4 Å². The number of carbonyl (C=O) groups excluding carboxylic acids is 2. The van der Waals surface area contributed by atoms with E-state index >= 15 is 0 Å². The fourth-order valence-electron chi connectivity index (χ4n) is 3.52. The molecule has 1 atom stereocenters. The highest BCUT2D eigenvalue weighted by Crippen LogP contribution is 2.31. The minimum absolute atomic E-state index is 0.0673. The number of nitrogens with zero attached hydrogens (tertiary/aromatic N) is 2. The van der Waals surface area contributed by atoms with Gasteiger partial charge in [0.05, 0.1) is 11.6 Å². The Labute approximate surface area is 151 Å². The van der Waals surface area contributed by atoms with Gasteiger partial charge in [0.2, 0.25) is 11.8 Å². The van der Waals surface area contributed by atoms with Crippen molar-refractivity contribution in [3.63, 3.8) is 0 Å². The van der Waals surface area contributed by atoms with Crippen LogP contribution in [0.25, 0.3) is 0 Å². The van der Waals surface area contributed by atoms with Crippen LogP contribution in [0.15, 0.2) is 30.3 Å². The Morgan fingerprint density at radius 2 is 2.12 bits per heavy atom. The van der Waals surface area contributed by atoms with Gasteiger partial charge in [0.15, 0.2) is 5.13 Å². The molecule has 1 aromatic heterocycles. The second-order valence-corrected chi connectivity index (χ2v) is 7.79. The Morgan fingerprint density at radius 1 is 1.28 bits per heavy atom. The molecule has 2 aliphatic rings. The van der Waals surface area contributed by atoms with Crippen LogP contribution >= 0.6 is 11.3 Å². The van der Waals surface area contributed by atoms with Crippen LogP contribution in [0.4, 0.5) is 5.13 Å². The summed E-state index contributed by atoms with van der Waals surface area (Å²) in [5, 5.41) is 3.60. The number of hydrogen-bond donors (Lipinski definition) is 1. The fourth-order valence-corrected chi connectivity index (χ4v) is 4.58. The van der Waals surface area contributed by atoms with E-state index in [2.05, 4.69) is 22.4 Å². The van der Waals surface area contributed by atoms with Crippen molar-refractivity contribution in [1.82, 2.24) is 9.88 Å². The van der Waals surface area contributed by atoms with Crippen molar-refractivity contribution in [2.45, 2.75) is 32.1 Å². The van der Waals surface area contributed by atoms with E-state index in [-0.39, 0.29) is 17.7 Å². The number of nitrogens with one attached hydrogen (secondary N) is 1. The Kier molecular flexibility index (Phi) is 4.53. The predicted octanol–water partition coefficient (Wildman–Crippen LogP) is 2.66. The first kappa shape index (κ1) is 16.3. The first-order valence-corrected chi connectivity index (χ1v) is 9.62. The molecule has 1 fully saturated rings.